The summed E-state index contributed by atoms with van der Waals surface area (Å²) in [7, 11) is 0. The van der Waals surface area contributed by atoms with Crippen LogP contribution in [0.3, 0.4) is 0 Å². The second-order valence-corrected chi connectivity index (χ2v) is 4.06. The Bertz CT molecular complexity index is 187. The van der Waals surface area contributed by atoms with Crippen molar-refractivity contribution in [2.24, 2.45) is 5.41 Å². The summed E-state index contributed by atoms with van der Waals surface area (Å²) < 4.78 is 0. The molecule has 0 amide bonds. The molecule has 1 fully saturated rings. The maximum atomic E-state index is 10.5. The lowest BCUT2D eigenvalue weighted by atomic mass is 9.82. The van der Waals surface area contributed by atoms with Crippen molar-refractivity contribution >= 4 is 5.97 Å². The minimum atomic E-state index is -0.706. The van der Waals surface area contributed by atoms with Gasteiger partial charge >= 0.3 is 5.97 Å². The summed E-state index contributed by atoms with van der Waals surface area (Å²) in [5, 5.41) is 8.65. The van der Waals surface area contributed by atoms with Crippen molar-refractivity contribution in [1.82, 2.24) is 4.90 Å². The lowest BCUT2D eigenvalue weighted by Gasteiger charge is -2.25. The molecule has 3 heteroatoms. The fourth-order valence-corrected chi connectivity index (χ4v) is 2.18. The molecule has 13 heavy (non-hydrogen) atoms. The standard InChI is InChI=1S/C10H19NO2/c1-3-10(4-2)5-6-11(8-10)7-9(12)13/h3-8H2,1-2H3,(H,12,13). The van der Waals surface area contributed by atoms with Crippen LogP contribution in [0.2, 0.25) is 0 Å². The molecule has 1 N–H and O–H groups in total. The predicted molar refractivity (Wildman–Crippen MR) is 51.7 cm³/mol. The van der Waals surface area contributed by atoms with Gasteiger partial charge in [-0.3, -0.25) is 9.69 Å². The molecule has 1 saturated heterocycles. The Kier molecular flexibility index (Phi) is 3.31. The molecule has 0 unspecified atom stereocenters. The van der Waals surface area contributed by atoms with Gasteiger partial charge in [0.1, 0.15) is 0 Å². The van der Waals surface area contributed by atoms with Gasteiger partial charge in [-0.2, -0.15) is 0 Å². The molecule has 0 aliphatic carbocycles. The number of carboxylic acids is 1. The topological polar surface area (TPSA) is 40.5 Å². The zero-order chi connectivity index (χ0) is 9.90. The zero-order valence-corrected chi connectivity index (χ0v) is 8.55. The highest BCUT2D eigenvalue weighted by atomic mass is 16.4. The van der Waals surface area contributed by atoms with E-state index in [0.717, 1.165) is 19.5 Å². The third-order valence-corrected chi connectivity index (χ3v) is 3.38. The average Bonchev–Trinajstić information content (AvgIpc) is 2.48. The lowest BCUT2D eigenvalue weighted by Crippen LogP contribution is -2.30. The fraction of sp³-hybridized carbons (Fsp3) is 0.900. The van der Waals surface area contributed by atoms with E-state index in [9.17, 15) is 4.79 Å². The number of aliphatic carboxylic acids is 1. The molecule has 1 heterocycles. The molecule has 1 rings (SSSR count). The Labute approximate surface area is 79.7 Å². The van der Waals surface area contributed by atoms with Crippen LogP contribution in [-0.2, 0) is 4.79 Å². The maximum absolute atomic E-state index is 10.5. The summed E-state index contributed by atoms with van der Waals surface area (Å²) in [5.74, 6) is -0.706. The van der Waals surface area contributed by atoms with Crippen LogP contribution in [0.1, 0.15) is 33.1 Å². The van der Waals surface area contributed by atoms with Crippen molar-refractivity contribution in [1.29, 1.82) is 0 Å². The van der Waals surface area contributed by atoms with Gasteiger partial charge < -0.3 is 5.11 Å². The molecule has 0 bridgehead atoms. The van der Waals surface area contributed by atoms with Crippen molar-refractivity contribution < 1.29 is 9.90 Å². The third-order valence-electron chi connectivity index (χ3n) is 3.38. The molecule has 0 radical (unpaired) electrons. The van der Waals surface area contributed by atoms with E-state index >= 15 is 0 Å². The Morgan fingerprint density at radius 2 is 2.08 bits per heavy atom. The highest BCUT2D eigenvalue weighted by Gasteiger charge is 2.35. The minimum Gasteiger partial charge on any atom is -0.480 e. The molecule has 0 atom stereocenters. The largest absolute Gasteiger partial charge is 0.480 e. The lowest BCUT2D eigenvalue weighted by molar-refractivity contribution is -0.138. The van der Waals surface area contributed by atoms with Crippen molar-refractivity contribution in [2.45, 2.75) is 33.1 Å². The second-order valence-electron chi connectivity index (χ2n) is 4.06. The van der Waals surface area contributed by atoms with Gasteiger partial charge in [-0.25, -0.2) is 0 Å². The van der Waals surface area contributed by atoms with E-state index in [0.29, 0.717) is 5.41 Å². The van der Waals surface area contributed by atoms with Crippen LogP contribution in [0, 0.1) is 5.41 Å². The fourth-order valence-electron chi connectivity index (χ4n) is 2.18. The highest BCUT2D eigenvalue weighted by molar-refractivity contribution is 5.69. The number of nitrogens with zero attached hydrogens (tertiary/aromatic N) is 1. The monoisotopic (exact) mass is 185 g/mol. The van der Waals surface area contributed by atoms with Gasteiger partial charge in [-0.15, -0.1) is 0 Å². The van der Waals surface area contributed by atoms with E-state index in [1.165, 1.54) is 12.8 Å². The van der Waals surface area contributed by atoms with Gasteiger partial charge in [0.25, 0.3) is 0 Å². The number of likely N-dealkylation sites (tertiary alicyclic amines) is 1. The summed E-state index contributed by atoms with van der Waals surface area (Å²) in [6.07, 6.45) is 3.49. The molecule has 0 aromatic heterocycles. The number of hydrogen-bond acceptors (Lipinski definition) is 2. The molecule has 1 aliphatic heterocycles. The van der Waals surface area contributed by atoms with Crippen molar-refractivity contribution in [3.8, 4) is 0 Å². The second kappa shape index (κ2) is 4.09. The van der Waals surface area contributed by atoms with Crippen molar-refractivity contribution in [3.05, 3.63) is 0 Å². The van der Waals surface area contributed by atoms with Crippen LogP contribution in [0.25, 0.3) is 0 Å². The van der Waals surface area contributed by atoms with E-state index in [1.54, 1.807) is 0 Å². The molecule has 0 aromatic carbocycles. The summed E-state index contributed by atoms with van der Waals surface area (Å²) in [5.41, 5.74) is 0.398. The number of rotatable bonds is 4. The molecule has 76 valence electrons. The summed E-state index contributed by atoms with van der Waals surface area (Å²) >= 11 is 0. The van der Waals surface area contributed by atoms with Crippen molar-refractivity contribution in [2.75, 3.05) is 19.6 Å². The first-order valence-corrected chi connectivity index (χ1v) is 5.06. The van der Waals surface area contributed by atoms with Gasteiger partial charge in [0.15, 0.2) is 0 Å². The van der Waals surface area contributed by atoms with Crippen molar-refractivity contribution in [3.63, 3.8) is 0 Å². The normalized spacial score (nSPS) is 22.0. The quantitative estimate of drug-likeness (QED) is 0.723. The smallest absolute Gasteiger partial charge is 0.317 e. The van der Waals surface area contributed by atoms with E-state index in [4.69, 9.17) is 5.11 Å². The molecule has 0 saturated carbocycles. The van der Waals surface area contributed by atoms with Crippen LogP contribution < -0.4 is 0 Å². The highest BCUT2D eigenvalue weighted by Crippen LogP contribution is 2.36. The first-order chi connectivity index (χ1) is 6.12. The number of carboxylic acid groups (broad SMARTS) is 1. The molecule has 1 aliphatic rings. The van der Waals surface area contributed by atoms with Gasteiger partial charge in [-0.05, 0) is 31.2 Å². The first kappa shape index (κ1) is 10.5. The number of hydrogen-bond donors (Lipinski definition) is 1. The van der Waals surface area contributed by atoms with Crippen LogP contribution in [0.4, 0.5) is 0 Å². The Balaban J connectivity index is 2.47. The van der Waals surface area contributed by atoms with E-state index in [2.05, 4.69) is 18.7 Å². The summed E-state index contributed by atoms with van der Waals surface area (Å²) in [6.45, 7) is 6.53. The van der Waals surface area contributed by atoms with Crippen LogP contribution in [0.15, 0.2) is 0 Å². The van der Waals surface area contributed by atoms with Gasteiger partial charge in [0.2, 0.25) is 0 Å². The van der Waals surface area contributed by atoms with Crippen LogP contribution >= 0.6 is 0 Å². The SMILES string of the molecule is CCC1(CC)CCN(CC(=O)O)C1. The Morgan fingerprint density at radius 3 is 2.46 bits per heavy atom. The maximum Gasteiger partial charge on any atom is 0.317 e. The average molecular weight is 185 g/mol. The Hall–Kier alpha value is -0.570. The first-order valence-electron chi connectivity index (χ1n) is 5.06. The summed E-state index contributed by atoms with van der Waals surface area (Å²) in [6, 6.07) is 0. The molecule has 3 nitrogen and oxygen atoms in total. The molecular weight excluding hydrogens is 166 g/mol. The van der Waals surface area contributed by atoms with E-state index in [-0.39, 0.29) is 6.54 Å². The minimum absolute atomic E-state index is 0.210. The number of carbonyl (C=O) groups is 1. The van der Waals surface area contributed by atoms with E-state index < -0.39 is 5.97 Å². The Morgan fingerprint density at radius 1 is 1.46 bits per heavy atom. The molecule has 0 spiro atoms. The van der Waals surface area contributed by atoms with Crippen LogP contribution in [0.5, 0.6) is 0 Å². The zero-order valence-electron chi connectivity index (χ0n) is 8.55. The van der Waals surface area contributed by atoms with E-state index in [1.807, 2.05) is 0 Å². The molecule has 0 aromatic rings. The molecular formula is C10H19NO2. The van der Waals surface area contributed by atoms with Gasteiger partial charge in [0, 0.05) is 6.54 Å². The van der Waals surface area contributed by atoms with Gasteiger partial charge in [-0.1, -0.05) is 13.8 Å². The third kappa shape index (κ3) is 2.44. The van der Waals surface area contributed by atoms with Crippen LogP contribution in [-0.4, -0.2) is 35.6 Å². The predicted octanol–water partition coefficient (Wildman–Crippen LogP) is 1.58. The van der Waals surface area contributed by atoms with Gasteiger partial charge in [0.05, 0.1) is 6.54 Å². The summed E-state index contributed by atoms with van der Waals surface area (Å²) in [4.78, 5) is 12.6.